The van der Waals surface area contributed by atoms with Gasteiger partial charge in [-0.3, -0.25) is 5.32 Å². The average molecular weight is 340 g/mol. The Balaban J connectivity index is 1.35. The summed E-state index contributed by atoms with van der Waals surface area (Å²) in [4.78, 5) is 14.1. The number of rotatable bonds is 2. The van der Waals surface area contributed by atoms with Gasteiger partial charge in [0.25, 0.3) is 0 Å². The number of carbonyl (C=O) groups excluding carboxylic acids is 1. The lowest BCUT2D eigenvalue weighted by atomic mass is 10.0. The highest BCUT2D eigenvalue weighted by Gasteiger charge is 2.40. The van der Waals surface area contributed by atoms with Crippen molar-refractivity contribution in [2.45, 2.75) is 18.6 Å². The number of hydrogen-bond acceptors (Lipinski definition) is 5. The van der Waals surface area contributed by atoms with Crippen molar-refractivity contribution in [2.24, 2.45) is 0 Å². The molecule has 2 aliphatic heterocycles. The van der Waals surface area contributed by atoms with E-state index in [2.05, 4.69) is 15.5 Å². The molecule has 0 unspecified atom stereocenters. The van der Waals surface area contributed by atoms with E-state index in [1.54, 1.807) is 11.0 Å². The molecule has 1 aromatic heterocycles. The summed E-state index contributed by atoms with van der Waals surface area (Å²) in [5.41, 5.74) is 1.76. The normalized spacial score (nSPS) is 19.1. The molecule has 0 atom stereocenters. The Labute approximate surface area is 146 Å². The van der Waals surface area contributed by atoms with E-state index < -0.39 is 5.79 Å². The van der Waals surface area contributed by atoms with E-state index in [4.69, 9.17) is 9.47 Å². The lowest BCUT2D eigenvalue weighted by Crippen LogP contribution is -2.48. The van der Waals surface area contributed by atoms with E-state index in [0.29, 0.717) is 45.0 Å². The predicted molar refractivity (Wildman–Crippen MR) is 91.9 cm³/mol. The number of likely N-dealkylation sites (tertiary alicyclic amines) is 1. The fourth-order valence-electron chi connectivity index (χ4n) is 3.19. The third-order valence-electron chi connectivity index (χ3n) is 4.60. The van der Waals surface area contributed by atoms with Gasteiger partial charge in [-0.2, -0.15) is 0 Å². The zero-order valence-electron chi connectivity index (χ0n) is 13.9. The van der Waals surface area contributed by atoms with Gasteiger partial charge in [-0.1, -0.05) is 30.3 Å². The van der Waals surface area contributed by atoms with Crippen molar-refractivity contribution >= 4 is 11.8 Å². The molecule has 3 heterocycles. The van der Waals surface area contributed by atoms with Crippen molar-refractivity contribution in [2.75, 3.05) is 31.6 Å². The number of benzene rings is 1. The van der Waals surface area contributed by atoms with E-state index in [1.807, 2.05) is 36.4 Å². The molecule has 1 spiro atoms. The maximum absolute atomic E-state index is 12.4. The van der Waals surface area contributed by atoms with Gasteiger partial charge in [0.15, 0.2) is 11.6 Å². The second-order valence-electron chi connectivity index (χ2n) is 6.19. The van der Waals surface area contributed by atoms with Crippen molar-refractivity contribution in [1.82, 2.24) is 15.1 Å². The standard InChI is InChI=1S/C18H20N4O3/c23-17(22-10-8-18(9-11-22)24-12-13-25-18)19-16-7-6-15(20-21-16)14-4-2-1-3-5-14/h1-7H,8-13H2,(H,19,21,23). The lowest BCUT2D eigenvalue weighted by Gasteiger charge is -2.37. The fraction of sp³-hybridized carbons (Fsp3) is 0.389. The smallest absolute Gasteiger partial charge is 0.323 e. The first-order chi connectivity index (χ1) is 12.2. The zero-order chi connectivity index (χ0) is 17.1. The van der Waals surface area contributed by atoms with Gasteiger partial charge in [0.05, 0.1) is 18.9 Å². The summed E-state index contributed by atoms with van der Waals surface area (Å²) in [6.07, 6.45) is 1.39. The fourth-order valence-corrected chi connectivity index (χ4v) is 3.19. The molecule has 0 radical (unpaired) electrons. The first kappa shape index (κ1) is 16.0. The van der Waals surface area contributed by atoms with Gasteiger partial charge in [-0.15, -0.1) is 10.2 Å². The van der Waals surface area contributed by atoms with Crippen molar-refractivity contribution in [3.8, 4) is 11.3 Å². The van der Waals surface area contributed by atoms with Gasteiger partial charge in [-0.25, -0.2) is 4.79 Å². The van der Waals surface area contributed by atoms with Crippen molar-refractivity contribution in [3.05, 3.63) is 42.5 Å². The summed E-state index contributed by atoms with van der Waals surface area (Å²) >= 11 is 0. The molecule has 2 aliphatic rings. The topological polar surface area (TPSA) is 76.6 Å². The molecule has 2 amide bonds. The molecule has 7 heteroatoms. The minimum absolute atomic E-state index is 0.172. The molecule has 0 aliphatic carbocycles. The SMILES string of the molecule is O=C(Nc1ccc(-c2ccccc2)nn1)N1CCC2(CC1)OCCO2. The Hall–Kier alpha value is -2.51. The largest absolute Gasteiger partial charge is 0.347 e. The molecule has 1 aromatic carbocycles. The molecule has 130 valence electrons. The minimum atomic E-state index is -0.478. The first-order valence-electron chi connectivity index (χ1n) is 8.47. The molecule has 2 saturated heterocycles. The maximum Gasteiger partial charge on any atom is 0.323 e. The average Bonchev–Trinajstić information content (AvgIpc) is 3.11. The van der Waals surface area contributed by atoms with Crippen LogP contribution in [0.4, 0.5) is 10.6 Å². The first-order valence-corrected chi connectivity index (χ1v) is 8.47. The van der Waals surface area contributed by atoms with Crippen LogP contribution < -0.4 is 5.32 Å². The summed E-state index contributed by atoms with van der Waals surface area (Å²) in [6, 6.07) is 13.2. The number of anilines is 1. The van der Waals surface area contributed by atoms with Gasteiger partial charge in [0, 0.05) is 31.5 Å². The van der Waals surface area contributed by atoms with Crippen LogP contribution in [-0.4, -0.2) is 53.2 Å². The quantitative estimate of drug-likeness (QED) is 0.909. The zero-order valence-corrected chi connectivity index (χ0v) is 13.9. The number of hydrogen-bond donors (Lipinski definition) is 1. The van der Waals surface area contributed by atoms with Crippen LogP contribution in [-0.2, 0) is 9.47 Å². The highest BCUT2D eigenvalue weighted by Crippen LogP contribution is 2.31. The van der Waals surface area contributed by atoms with E-state index in [0.717, 1.165) is 11.3 Å². The monoisotopic (exact) mass is 340 g/mol. The Bertz CT molecular complexity index is 720. The minimum Gasteiger partial charge on any atom is -0.347 e. The molecule has 2 fully saturated rings. The summed E-state index contributed by atoms with van der Waals surface area (Å²) in [7, 11) is 0. The summed E-state index contributed by atoms with van der Waals surface area (Å²) in [5.74, 6) is -0.0354. The highest BCUT2D eigenvalue weighted by atomic mass is 16.7. The third kappa shape index (κ3) is 3.47. The van der Waals surface area contributed by atoms with Crippen molar-refractivity contribution in [1.29, 1.82) is 0 Å². The van der Waals surface area contributed by atoms with Crippen LogP contribution in [0.25, 0.3) is 11.3 Å². The number of urea groups is 1. The van der Waals surface area contributed by atoms with Crippen molar-refractivity contribution in [3.63, 3.8) is 0 Å². The summed E-state index contributed by atoms with van der Waals surface area (Å²) in [6.45, 7) is 2.47. The van der Waals surface area contributed by atoms with Gasteiger partial charge < -0.3 is 14.4 Å². The molecular formula is C18H20N4O3. The van der Waals surface area contributed by atoms with E-state index in [9.17, 15) is 4.79 Å². The van der Waals surface area contributed by atoms with Crippen LogP contribution in [0.2, 0.25) is 0 Å². The van der Waals surface area contributed by atoms with Gasteiger partial charge >= 0.3 is 6.03 Å². The van der Waals surface area contributed by atoms with Gasteiger partial charge in [0.2, 0.25) is 0 Å². The van der Waals surface area contributed by atoms with Crippen LogP contribution >= 0.6 is 0 Å². The summed E-state index contributed by atoms with van der Waals surface area (Å²) in [5, 5.41) is 11.1. The Kier molecular flexibility index (Phi) is 4.33. The van der Waals surface area contributed by atoms with Crippen molar-refractivity contribution < 1.29 is 14.3 Å². The molecular weight excluding hydrogens is 320 g/mol. The lowest BCUT2D eigenvalue weighted by molar-refractivity contribution is -0.181. The van der Waals surface area contributed by atoms with Crippen LogP contribution in [0.5, 0.6) is 0 Å². The third-order valence-corrected chi connectivity index (χ3v) is 4.60. The van der Waals surface area contributed by atoms with E-state index >= 15 is 0 Å². The molecule has 0 saturated carbocycles. The summed E-state index contributed by atoms with van der Waals surface area (Å²) < 4.78 is 11.4. The molecule has 2 aromatic rings. The molecule has 4 rings (SSSR count). The van der Waals surface area contributed by atoms with Crippen LogP contribution in [0, 0.1) is 0 Å². The molecule has 1 N–H and O–H groups in total. The second kappa shape index (κ2) is 6.78. The van der Waals surface area contributed by atoms with Gasteiger partial charge in [-0.05, 0) is 12.1 Å². The Morgan fingerprint density at radius 1 is 1.00 bits per heavy atom. The van der Waals surface area contributed by atoms with Gasteiger partial charge in [0.1, 0.15) is 0 Å². The van der Waals surface area contributed by atoms with Crippen LogP contribution in [0.1, 0.15) is 12.8 Å². The molecule has 7 nitrogen and oxygen atoms in total. The number of aromatic nitrogens is 2. The number of nitrogens with zero attached hydrogens (tertiary/aromatic N) is 3. The van der Waals surface area contributed by atoms with E-state index in [-0.39, 0.29) is 6.03 Å². The number of ether oxygens (including phenoxy) is 2. The number of amides is 2. The second-order valence-corrected chi connectivity index (χ2v) is 6.19. The molecule has 0 bridgehead atoms. The number of piperidine rings is 1. The Morgan fingerprint density at radius 3 is 2.36 bits per heavy atom. The Morgan fingerprint density at radius 2 is 1.72 bits per heavy atom. The molecule has 25 heavy (non-hydrogen) atoms. The number of nitrogens with one attached hydrogen (secondary N) is 1. The van der Waals surface area contributed by atoms with Crippen LogP contribution in [0.15, 0.2) is 42.5 Å². The maximum atomic E-state index is 12.4. The number of carbonyl (C=O) groups is 1. The van der Waals surface area contributed by atoms with Crippen LogP contribution in [0.3, 0.4) is 0 Å². The predicted octanol–water partition coefficient (Wildman–Crippen LogP) is 2.51. The highest BCUT2D eigenvalue weighted by molar-refractivity contribution is 5.88. The van der Waals surface area contributed by atoms with E-state index in [1.165, 1.54) is 0 Å².